The zero-order valence-electron chi connectivity index (χ0n) is 10.3. The third kappa shape index (κ3) is 2.13. The minimum atomic E-state index is -0.504. The van der Waals surface area contributed by atoms with Gasteiger partial charge >= 0.3 is 0 Å². The molecule has 2 rings (SSSR count). The summed E-state index contributed by atoms with van der Waals surface area (Å²) in [6, 6.07) is 2.38. The van der Waals surface area contributed by atoms with Crippen molar-refractivity contribution in [1.29, 1.82) is 0 Å². The number of pyridine rings is 1. The average Bonchev–Trinajstić information content (AvgIpc) is 2.35. The number of aryl methyl sites for hydroxylation is 1. The number of aromatic nitrogens is 1. The van der Waals surface area contributed by atoms with Crippen molar-refractivity contribution in [3.8, 4) is 0 Å². The number of hydrogen-bond donors (Lipinski definition) is 1. The van der Waals surface area contributed by atoms with Crippen LogP contribution >= 0.6 is 0 Å². The molecule has 2 heterocycles. The molecule has 6 heteroatoms. The summed E-state index contributed by atoms with van der Waals surface area (Å²) in [7, 11) is 1.62. The summed E-state index contributed by atoms with van der Waals surface area (Å²) in [5.74, 6) is -0.450. The molecule has 1 fully saturated rings. The summed E-state index contributed by atoms with van der Waals surface area (Å²) in [5, 5.41) is 2.69. The molecule has 6 nitrogen and oxygen atoms in total. The highest BCUT2D eigenvalue weighted by Crippen LogP contribution is 2.09. The van der Waals surface area contributed by atoms with Crippen molar-refractivity contribution in [3.63, 3.8) is 0 Å². The second-order valence-electron chi connectivity index (χ2n) is 4.33. The number of hydrogen-bond acceptors (Lipinski definition) is 3. The van der Waals surface area contributed by atoms with Crippen LogP contribution in [0.5, 0.6) is 0 Å². The molecule has 1 saturated heterocycles. The smallest absolute Gasteiger partial charge is 0.254 e. The van der Waals surface area contributed by atoms with Gasteiger partial charge in [-0.3, -0.25) is 14.4 Å². The van der Waals surface area contributed by atoms with E-state index in [0.717, 1.165) is 0 Å². The standard InChI is InChI=1S/C12H15N3O3/c1-8-11(17)13-4-6-15(8)12(18)9-3-5-14(2)10(16)7-9/h3,5,7-8H,4,6H2,1-2H3,(H,13,17). The first-order valence-electron chi connectivity index (χ1n) is 5.76. The molecule has 1 aliphatic rings. The predicted octanol–water partition coefficient (Wildman–Crippen LogP) is -0.654. The summed E-state index contributed by atoms with van der Waals surface area (Å²) in [5.41, 5.74) is 0.0783. The Morgan fingerprint density at radius 2 is 2.17 bits per heavy atom. The zero-order chi connectivity index (χ0) is 13.3. The fraction of sp³-hybridized carbons (Fsp3) is 0.417. The number of nitrogens with one attached hydrogen (secondary N) is 1. The van der Waals surface area contributed by atoms with Crippen LogP contribution < -0.4 is 10.9 Å². The van der Waals surface area contributed by atoms with Crippen LogP contribution in [-0.2, 0) is 11.8 Å². The molecule has 0 bridgehead atoms. The van der Waals surface area contributed by atoms with E-state index >= 15 is 0 Å². The van der Waals surface area contributed by atoms with E-state index in [4.69, 9.17) is 0 Å². The fourth-order valence-corrected chi connectivity index (χ4v) is 1.91. The molecule has 0 spiro atoms. The number of nitrogens with zero attached hydrogens (tertiary/aromatic N) is 2. The summed E-state index contributed by atoms with van der Waals surface area (Å²) in [6.07, 6.45) is 1.55. The van der Waals surface area contributed by atoms with Crippen LogP contribution in [0.2, 0.25) is 0 Å². The van der Waals surface area contributed by atoms with E-state index in [1.54, 1.807) is 26.2 Å². The Labute approximate surface area is 104 Å². The maximum absolute atomic E-state index is 12.2. The van der Waals surface area contributed by atoms with Gasteiger partial charge in [-0.15, -0.1) is 0 Å². The lowest BCUT2D eigenvalue weighted by atomic mass is 10.1. The van der Waals surface area contributed by atoms with E-state index in [1.807, 2.05) is 0 Å². The SMILES string of the molecule is CC1C(=O)NCCN1C(=O)c1ccn(C)c(=O)c1. The molecule has 1 atom stereocenters. The average molecular weight is 249 g/mol. The number of rotatable bonds is 1. The van der Waals surface area contributed by atoms with Crippen molar-refractivity contribution in [2.24, 2.45) is 7.05 Å². The number of carbonyl (C=O) groups excluding carboxylic acids is 2. The molecule has 1 unspecified atom stereocenters. The lowest BCUT2D eigenvalue weighted by Crippen LogP contribution is -2.55. The summed E-state index contributed by atoms with van der Waals surface area (Å²) in [4.78, 5) is 36.7. The van der Waals surface area contributed by atoms with E-state index in [2.05, 4.69) is 5.32 Å². The van der Waals surface area contributed by atoms with Crippen molar-refractivity contribution >= 4 is 11.8 Å². The van der Waals surface area contributed by atoms with Crippen LogP contribution in [0, 0.1) is 0 Å². The predicted molar refractivity (Wildman–Crippen MR) is 65.2 cm³/mol. The topological polar surface area (TPSA) is 71.4 Å². The Balaban J connectivity index is 2.27. The van der Waals surface area contributed by atoms with Gasteiger partial charge in [0.15, 0.2) is 0 Å². The molecule has 1 N–H and O–H groups in total. The first-order valence-corrected chi connectivity index (χ1v) is 5.76. The van der Waals surface area contributed by atoms with Gasteiger partial charge in [-0.05, 0) is 13.0 Å². The Kier molecular flexibility index (Phi) is 3.18. The Hall–Kier alpha value is -2.11. The molecule has 0 aliphatic carbocycles. The van der Waals surface area contributed by atoms with Crippen LogP contribution in [0.4, 0.5) is 0 Å². The minimum Gasteiger partial charge on any atom is -0.353 e. The molecule has 96 valence electrons. The minimum absolute atomic E-state index is 0.168. The Morgan fingerprint density at radius 3 is 2.83 bits per heavy atom. The molecule has 0 radical (unpaired) electrons. The van der Waals surface area contributed by atoms with Gasteiger partial charge in [-0.25, -0.2) is 0 Å². The molecule has 18 heavy (non-hydrogen) atoms. The second kappa shape index (κ2) is 4.64. The van der Waals surface area contributed by atoms with Gasteiger partial charge in [0.2, 0.25) is 5.91 Å². The first-order chi connectivity index (χ1) is 8.50. The third-order valence-electron chi connectivity index (χ3n) is 3.11. The van der Waals surface area contributed by atoms with E-state index in [1.165, 1.54) is 15.5 Å². The second-order valence-corrected chi connectivity index (χ2v) is 4.33. The molecule has 0 saturated carbocycles. The van der Waals surface area contributed by atoms with Crippen molar-refractivity contribution in [2.75, 3.05) is 13.1 Å². The van der Waals surface area contributed by atoms with Crippen LogP contribution in [0.1, 0.15) is 17.3 Å². The van der Waals surface area contributed by atoms with Crippen LogP contribution in [-0.4, -0.2) is 40.4 Å². The van der Waals surface area contributed by atoms with Gasteiger partial charge in [-0.1, -0.05) is 0 Å². The number of carbonyl (C=O) groups is 2. The molecular weight excluding hydrogens is 234 g/mol. The summed E-state index contributed by atoms with van der Waals surface area (Å²) in [6.45, 7) is 2.58. The molecular formula is C12H15N3O3. The van der Waals surface area contributed by atoms with Gasteiger partial charge in [0.25, 0.3) is 11.5 Å². The monoisotopic (exact) mass is 249 g/mol. The third-order valence-corrected chi connectivity index (χ3v) is 3.11. The largest absolute Gasteiger partial charge is 0.353 e. The van der Waals surface area contributed by atoms with Gasteiger partial charge in [-0.2, -0.15) is 0 Å². The molecule has 0 aromatic carbocycles. The highest BCUT2D eigenvalue weighted by molar-refractivity contribution is 5.97. The van der Waals surface area contributed by atoms with Crippen molar-refractivity contribution in [3.05, 3.63) is 34.2 Å². The fourth-order valence-electron chi connectivity index (χ4n) is 1.91. The van der Waals surface area contributed by atoms with E-state index in [0.29, 0.717) is 18.7 Å². The van der Waals surface area contributed by atoms with Crippen molar-refractivity contribution in [1.82, 2.24) is 14.8 Å². The van der Waals surface area contributed by atoms with Crippen molar-refractivity contribution < 1.29 is 9.59 Å². The lowest BCUT2D eigenvalue weighted by molar-refractivity contribution is -0.127. The van der Waals surface area contributed by atoms with E-state index in [-0.39, 0.29) is 17.4 Å². The molecule has 1 aromatic rings. The number of piperazine rings is 1. The normalized spacial score (nSPS) is 19.6. The quantitative estimate of drug-likeness (QED) is 0.718. The first kappa shape index (κ1) is 12.3. The summed E-state index contributed by atoms with van der Waals surface area (Å²) >= 11 is 0. The van der Waals surface area contributed by atoms with Crippen molar-refractivity contribution in [2.45, 2.75) is 13.0 Å². The molecule has 2 amide bonds. The highest BCUT2D eigenvalue weighted by atomic mass is 16.2. The van der Waals surface area contributed by atoms with Crippen LogP contribution in [0.3, 0.4) is 0 Å². The maximum atomic E-state index is 12.2. The van der Waals surface area contributed by atoms with Crippen LogP contribution in [0.25, 0.3) is 0 Å². The highest BCUT2D eigenvalue weighted by Gasteiger charge is 2.29. The molecule has 1 aliphatic heterocycles. The van der Waals surface area contributed by atoms with Gasteiger partial charge in [0.05, 0.1) is 0 Å². The Morgan fingerprint density at radius 1 is 1.44 bits per heavy atom. The lowest BCUT2D eigenvalue weighted by Gasteiger charge is -2.32. The van der Waals surface area contributed by atoms with E-state index in [9.17, 15) is 14.4 Å². The van der Waals surface area contributed by atoms with Gasteiger partial charge < -0.3 is 14.8 Å². The maximum Gasteiger partial charge on any atom is 0.254 e. The van der Waals surface area contributed by atoms with Crippen LogP contribution in [0.15, 0.2) is 23.1 Å². The summed E-state index contributed by atoms with van der Waals surface area (Å²) < 4.78 is 1.39. The van der Waals surface area contributed by atoms with E-state index < -0.39 is 6.04 Å². The van der Waals surface area contributed by atoms with Gasteiger partial charge in [0, 0.05) is 38.0 Å². The molecule has 1 aromatic heterocycles. The van der Waals surface area contributed by atoms with Gasteiger partial charge in [0.1, 0.15) is 6.04 Å². The Bertz CT molecular complexity index is 550. The number of amides is 2. The zero-order valence-corrected chi connectivity index (χ0v) is 10.3.